The predicted molar refractivity (Wildman–Crippen MR) is 73.4 cm³/mol. The van der Waals surface area contributed by atoms with Gasteiger partial charge in [-0.3, -0.25) is 0 Å². The fourth-order valence-electron chi connectivity index (χ4n) is 2.01. The number of hydrogen-bond acceptors (Lipinski definition) is 2. The first kappa shape index (κ1) is 14.4. The lowest BCUT2D eigenvalue weighted by molar-refractivity contribution is -0.137. The number of hydrogen-bond donors (Lipinski definition) is 1. The van der Waals surface area contributed by atoms with E-state index in [-0.39, 0.29) is 5.02 Å². The van der Waals surface area contributed by atoms with E-state index in [4.69, 9.17) is 11.6 Å². The van der Waals surface area contributed by atoms with E-state index in [2.05, 4.69) is 10.4 Å². The Balaban J connectivity index is 1.82. The van der Waals surface area contributed by atoms with E-state index in [0.717, 1.165) is 11.8 Å². The third-order valence-electron chi connectivity index (χ3n) is 3.31. The molecule has 112 valence electrons. The van der Waals surface area contributed by atoms with E-state index < -0.39 is 11.7 Å². The number of alkyl halides is 3. The van der Waals surface area contributed by atoms with Gasteiger partial charge in [0.15, 0.2) is 0 Å². The van der Waals surface area contributed by atoms with Crippen molar-refractivity contribution in [1.82, 2.24) is 15.1 Å². The van der Waals surface area contributed by atoms with Gasteiger partial charge in [-0.05, 0) is 37.1 Å². The van der Waals surface area contributed by atoms with E-state index in [1.807, 2.05) is 0 Å². The SMILES string of the molecule is FC(F)(F)c1cc(-n2ccc(CNC3CC3)n2)ccc1Cl. The highest BCUT2D eigenvalue weighted by Gasteiger charge is 2.33. The summed E-state index contributed by atoms with van der Waals surface area (Å²) in [6.07, 6.45) is -0.483. The maximum Gasteiger partial charge on any atom is 0.417 e. The fourth-order valence-corrected chi connectivity index (χ4v) is 2.23. The molecule has 0 bridgehead atoms. The second kappa shape index (κ2) is 5.35. The Morgan fingerprint density at radius 1 is 1.29 bits per heavy atom. The van der Waals surface area contributed by atoms with Crippen molar-refractivity contribution >= 4 is 11.6 Å². The molecule has 3 nitrogen and oxygen atoms in total. The van der Waals surface area contributed by atoms with Gasteiger partial charge in [-0.15, -0.1) is 0 Å². The van der Waals surface area contributed by atoms with Gasteiger partial charge in [0.25, 0.3) is 0 Å². The quantitative estimate of drug-likeness (QED) is 0.930. The predicted octanol–water partition coefficient (Wildman–Crippen LogP) is 3.80. The second-order valence-electron chi connectivity index (χ2n) is 5.07. The van der Waals surface area contributed by atoms with Crippen LogP contribution in [0.15, 0.2) is 30.5 Å². The Morgan fingerprint density at radius 2 is 2.05 bits per heavy atom. The van der Waals surface area contributed by atoms with Gasteiger partial charge in [0, 0.05) is 18.8 Å². The molecule has 0 radical (unpaired) electrons. The average molecular weight is 316 g/mol. The highest BCUT2D eigenvalue weighted by molar-refractivity contribution is 6.31. The van der Waals surface area contributed by atoms with Crippen molar-refractivity contribution in [2.75, 3.05) is 0 Å². The molecule has 1 heterocycles. The van der Waals surface area contributed by atoms with Gasteiger partial charge in [-0.1, -0.05) is 11.6 Å². The highest BCUT2D eigenvalue weighted by atomic mass is 35.5. The van der Waals surface area contributed by atoms with Crippen LogP contribution < -0.4 is 5.32 Å². The number of benzene rings is 1. The molecule has 0 unspecified atom stereocenters. The van der Waals surface area contributed by atoms with E-state index >= 15 is 0 Å². The Morgan fingerprint density at radius 3 is 2.71 bits per heavy atom. The van der Waals surface area contributed by atoms with Crippen LogP contribution in [0.3, 0.4) is 0 Å². The molecule has 7 heteroatoms. The summed E-state index contributed by atoms with van der Waals surface area (Å²) in [4.78, 5) is 0. The zero-order valence-electron chi connectivity index (χ0n) is 11.0. The normalized spacial score (nSPS) is 15.4. The van der Waals surface area contributed by atoms with Crippen LogP contribution >= 0.6 is 11.6 Å². The first-order valence-corrected chi connectivity index (χ1v) is 6.96. The molecule has 0 spiro atoms. The summed E-state index contributed by atoms with van der Waals surface area (Å²) in [6.45, 7) is 0.622. The van der Waals surface area contributed by atoms with Gasteiger partial charge < -0.3 is 5.32 Å². The Labute approximate surface area is 124 Å². The summed E-state index contributed by atoms with van der Waals surface area (Å²) in [5, 5.41) is 7.27. The van der Waals surface area contributed by atoms with Crippen LogP contribution in [0.2, 0.25) is 5.02 Å². The Bertz CT molecular complexity index is 647. The summed E-state index contributed by atoms with van der Waals surface area (Å²) in [6, 6.07) is 6.11. The fraction of sp³-hybridized carbons (Fsp3) is 0.357. The van der Waals surface area contributed by atoms with Gasteiger partial charge in [-0.2, -0.15) is 18.3 Å². The standard InChI is InChI=1S/C14H13ClF3N3/c15-13-4-3-11(7-12(13)14(16,17)18)21-6-5-10(20-21)8-19-9-1-2-9/h3-7,9,19H,1-2,8H2. The van der Waals surface area contributed by atoms with E-state index in [1.54, 1.807) is 12.3 Å². The Hall–Kier alpha value is -1.53. The summed E-state index contributed by atoms with van der Waals surface area (Å²) < 4.78 is 40.0. The maximum atomic E-state index is 12.8. The third kappa shape index (κ3) is 3.39. The van der Waals surface area contributed by atoms with Crippen molar-refractivity contribution < 1.29 is 13.2 Å². The zero-order valence-corrected chi connectivity index (χ0v) is 11.7. The smallest absolute Gasteiger partial charge is 0.308 e. The summed E-state index contributed by atoms with van der Waals surface area (Å²) in [5.41, 5.74) is 0.282. The zero-order chi connectivity index (χ0) is 15.0. The molecule has 1 saturated carbocycles. The monoisotopic (exact) mass is 315 g/mol. The average Bonchev–Trinajstić information content (AvgIpc) is 3.13. The van der Waals surface area contributed by atoms with E-state index in [1.165, 1.54) is 29.7 Å². The van der Waals surface area contributed by atoms with Crippen LogP contribution in [0, 0.1) is 0 Å². The molecule has 1 fully saturated rings. The van der Waals surface area contributed by atoms with Crippen LogP contribution in [0.5, 0.6) is 0 Å². The largest absolute Gasteiger partial charge is 0.417 e. The first-order chi connectivity index (χ1) is 9.93. The van der Waals surface area contributed by atoms with Gasteiger partial charge in [0.2, 0.25) is 0 Å². The van der Waals surface area contributed by atoms with Crippen LogP contribution in [-0.4, -0.2) is 15.8 Å². The van der Waals surface area contributed by atoms with Crippen molar-refractivity contribution in [2.24, 2.45) is 0 Å². The van der Waals surface area contributed by atoms with Crippen molar-refractivity contribution in [3.63, 3.8) is 0 Å². The molecule has 2 aromatic rings. The molecular weight excluding hydrogens is 303 g/mol. The number of nitrogens with zero attached hydrogens (tertiary/aromatic N) is 2. The van der Waals surface area contributed by atoms with E-state index in [9.17, 15) is 13.2 Å². The number of halogens is 4. The van der Waals surface area contributed by atoms with Crippen molar-refractivity contribution in [3.05, 3.63) is 46.7 Å². The molecule has 1 aromatic heterocycles. The number of aromatic nitrogens is 2. The van der Waals surface area contributed by atoms with Crippen molar-refractivity contribution in [3.8, 4) is 5.69 Å². The van der Waals surface area contributed by atoms with Crippen LogP contribution in [0.1, 0.15) is 24.1 Å². The number of nitrogens with one attached hydrogen (secondary N) is 1. The molecule has 0 aliphatic heterocycles. The maximum absolute atomic E-state index is 12.8. The van der Waals surface area contributed by atoms with Crippen LogP contribution in [0.4, 0.5) is 13.2 Å². The molecule has 0 amide bonds. The second-order valence-corrected chi connectivity index (χ2v) is 5.48. The lowest BCUT2D eigenvalue weighted by Crippen LogP contribution is -2.15. The summed E-state index contributed by atoms with van der Waals surface area (Å²) in [5.74, 6) is 0. The highest BCUT2D eigenvalue weighted by Crippen LogP contribution is 2.35. The van der Waals surface area contributed by atoms with Crippen LogP contribution in [0.25, 0.3) is 5.69 Å². The van der Waals surface area contributed by atoms with Gasteiger partial charge in [0.1, 0.15) is 0 Å². The van der Waals surface area contributed by atoms with Crippen molar-refractivity contribution in [2.45, 2.75) is 31.6 Å². The minimum atomic E-state index is -4.48. The van der Waals surface area contributed by atoms with Crippen LogP contribution in [-0.2, 0) is 12.7 Å². The minimum Gasteiger partial charge on any atom is -0.308 e. The molecule has 1 aromatic carbocycles. The molecule has 1 aliphatic carbocycles. The topological polar surface area (TPSA) is 29.9 Å². The summed E-state index contributed by atoms with van der Waals surface area (Å²) in [7, 11) is 0. The minimum absolute atomic E-state index is 0.311. The molecule has 0 saturated heterocycles. The van der Waals surface area contributed by atoms with Gasteiger partial charge >= 0.3 is 6.18 Å². The molecule has 21 heavy (non-hydrogen) atoms. The van der Waals surface area contributed by atoms with E-state index in [0.29, 0.717) is 18.3 Å². The molecule has 1 N–H and O–H groups in total. The lowest BCUT2D eigenvalue weighted by atomic mass is 10.2. The number of rotatable bonds is 4. The molecular formula is C14H13ClF3N3. The molecule has 3 rings (SSSR count). The van der Waals surface area contributed by atoms with Gasteiger partial charge in [0.05, 0.1) is 22.0 Å². The first-order valence-electron chi connectivity index (χ1n) is 6.58. The summed E-state index contributed by atoms with van der Waals surface area (Å²) >= 11 is 5.61. The third-order valence-corrected chi connectivity index (χ3v) is 3.64. The molecule has 0 atom stereocenters. The Kier molecular flexibility index (Phi) is 3.67. The lowest BCUT2D eigenvalue weighted by Gasteiger charge is -2.11. The van der Waals surface area contributed by atoms with Gasteiger partial charge in [-0.25, -0.2) is 4.68 Å². The van der Waals surface area contributed by atoms with Crippen molar-refractivity contribution in [1.29, 1.82) is 0 Å². The molecule has 1 aliphatic rings.